The molecular weight excluding hydrogens is 227 g/mol. The first-order valence-electron chi connectivity index (χ1n) is 6.28. The molecule has 0 amide bonds. The number of rotatable bonds is 2. The summed E-state index contributed by atoms with van der Waals surface area (Å²) in [5.74, 6) is 0. The van der Waals surface area contributed by atoms with E-state index in [1.807, 2.05) is 30.6 Å². The molecule has 0 aliphatic heterocycles. The average molecular weight is 250 g/mol. The largest absolute Gasteiger partial charge is 1.00 e. The van der Waals surface area contributed by atoms with Crippen molar-refractivity contribution in [2.24, 2.45) is 9.98 Å². The number of benzene rings is 1. The Kier molecular flexibility index (Phi) is 6.76. The van der Waals surface area contributed by atoms with Gasteiger partial charge in [-0.05, 0) is 54.0 Å². The van der Waals surface area contributed by atoms with Gasteiger partial charge in [0.1, 0.15) is 0 Å². The zero-order valence-corrected chi connectivity index (χ0v) is 13.3. The number of aliphatic imine (C=N–C) groups is 2. The van der Waals surface area contributed by atoms with Crippen LogP contribution >= 0.6 is 0 Å². The van der Waals surface area contributed by atoms with E-state index < -0.39 is 0 Å². The van der Waals surface area contributed by atoms with Crippen LogP contribution in [-0.4, -0.2) is 23.5 Å². The van der Waals surface area contributed by atoms with Crippen LogP contribution in [0.3, 0.4) is 0 Å². The smallest absolute Gasteiger partial charge is 0.325 e. The molecule has 1 aromatic rings. The summed E-state index contributed by atoms with van der Waals surface area (Å²) in [6.07, 6.45) is 3.74. The molecule has 0 atom stereocenters. The molecule has 0 saturated carbocycles. The Morgan fingerprint density at radius 3 is 1.53 bits per heavy atom. The first-order chi connectivity index (χ1) is 8.16. The van der Waals surface area contributed by atoms with Crippen molar-refractivity contribution in [3.8, 4) is 0 Å². The predicted molar refractivity (Wildman–Crippen MR) is 80.0 cm³/mol. The summed E-state index contributed by atoms with van der Waals surface area (Å²) in [5.41, 5.74) is 1.87. The molecular formula is C16H23LiN2. The Morgan fingerprint density at radius 1 is 0.842 bits per heavy atom. The van der Waals surface area contributed by atoms with E-state index in [0.717, 1.165) is 11.1 Å². The van der Waals surface area contributed by atoms with Gasteiger partial charge in [0.15, 0.2) is 0 Å². The number of nitrogens with zero attached hydrogens (tertiary/aromatic N) is 2. The molecule has 0 heterocycles. The van der Waals surface area contributed by atoms with E-state index >= 15 is 0 Å². The summed E-state index contributed by atoms with van der Waals surface area (Å²) in [6, 6.07) is 9.30. The van der Waals surface area contributed by atoms with Crippen molar-refractivity contribution < 1.29 is 18.9 Å². The van der Waals surface area contributed by atoms with Gasteiger partial charge in [0.2, 0.25) is 0 Å². The van der Waals surface area contributed by atoms with Crippen molar-refractivity contribution in [2.45, 2.75) is 52.6 Å². The van der Waals surface area contributed by atoms with E-state index in [1.54, 1.807) is 0 Å². The van der Waals surface area contributed by atoms with Gasteiger partial charge < -0.3 is 9.98 Å². The predicted octanol–water partition coefficient (Wildman–Crippen LogP) is 0.926. The maximum Gasteiger partial charge on any atom is 1.00 e. The van der Waals surface area contributed by atoms with Gasteiger partial charge in [-0.2, -0.15) is 0 Å². The fraction of sp³-hybridized carbons (Fsp3) is 0.500. The Morgan fingerprint density at radius 2 is 1.21 bits per heavy atom. The molecule has 0 spiro atoms. The summed E-state index contributed by atoms with van der Waals surface area (Å²) in [6.45, 7) is 12.5. The zero-order chi connectivity index (χ0) is 13.8. The second kappa shape index (κ2) is 7.08. The maximum atomic E-state index is 4.48. The summed E-state index contributed by atoms with van der Waals surface area (Å²) in [7, 11) is 0. The van der Waals surface area contributed by atoms with E-state index in [2.05, 4.69) is 57.6 Å². The zero-order valence-electron chi connectivity index (χ0n) is 13.3. The molecule has 0 aliphatic rings. The van der Waals surface area contributed by atoms with Crippen LogP contribution in [0.4, 0.5) is 0 Å². The second-order valence-corrected chi connectivity index (χ2v) is 6.42. The molecule has 0 saturated heterocycles. The van der Waals surface area contributed by atoms with Gasteiger partial charge in [-0.1, -0.05) is 0 Å². The molecule has 0 bridgehead atoms. The van der Waals surface area contributed by atoms with Gasteiger partial charge in [-0.15, -0.1) is 35.4 Å². The van der Waals surface area contributed by atoms with Gasteiger partial charge in [-0.25, -0.2) is 0 Å². The van der Waals surface area contributed by atoms with Gasteiger partial charge in [-0.3, -0.25) is 0 Å². The fourth-order valence-corrected chi connectivity index (χ4v) is 1.18. The van der Waals surface area contributed by atoms with Gasteiger partial charge in [0.25, 0.3) is 0 Å². The summed E-state index contributed by atoms with van der Waals surface area (Å²) >= 11 is 0. The normalized spacial score (nSPS) is 12.9. The van der Waals surface area contributed by atoms with Crippen LogP contribution in [0.15, 0.2) is 28.2 Å². The monoisotopic (exact) mass is 250 g/mol. The van der Waals surface area contributed by atoms with Gasteiger partial charge in [0.05, 0.1) is 0 Å². The quantitative estimate of drug-likeness (QED) is 0.424. The van der Waals surface area contributed by atoms with Crippen molar-refractivity contribution in [2.75, 3.05) is 0 Å². The van der Waals surface area contributed by atoms with Crippen molar-refractivity contribution in [3.05, 3.63) is 35.4 Å². The molecule has 0 aliphatic carbocycles. The van der Waals surface area contributed by atoms with Crippen LogP contribution in [0.2, 0.25) is 0 Å². The van der Waals surface area contributed by atoms with E-state index in [9.17, 15) is 0 Å². The maximum absolute atomic E-state index is 4.48. The molecule has 19 heavy (non-hydrogen) atoms. The number of hydrogen-bond donors (Lipinski definition) is 0. The van der Waals surface area contributed by atoms with E-state index in [4.69, 9.17) is 0 Å². The van der Waals surface area contributed by atoms with Gasteiger partial charge in [0, 0.05) is 11.1 Å². The Hall–Kier alpha value is -0.843. The molecule has 3 heteroatoms. The average Bonchev–Trinajstić information content (AvgIpc) is 2.22. The van der Waals surface area contributed by atoms with E-state index in [0.29, 0.717) is 0 Å². The molecule has 0 fully saturated rings. The van der Waals surface area contributed by atoms with Crippen LogP contribution in [0.1, 0.15) is 52.7 Å². The third-order valence-corrected chi connectivity index (χ3v) is 2.02. The summed E-state index contributed by atoms with van der Waals surface area (Å²) in [4.78, 5) is 8.95. The first kappa shape index (κ1) is 18.2. The molecule has 0 radical (unpaired) electrons. The molecule has 98 valence electrons. The minimum Gasteiger partial charge on any atom is -0.325 e. The topological polar surface area (TPSA) is 24.7 Å². The standard InChI is InChI=1S/C16H23N2.Li/c1-15(2,3)17-11-13-8-7-9-14(10-13)12-18-16(4,5)6;/h7-9,11-12H,1-6H3;/q-1;+1. The van der Waals surface area contributed by atoms with Crippen LogP contribution in [0.5, 0.6) is 0 Å². The van der Waals surface area contributed by atoms with Crippen LogP contribution < -0.4 is 18.9 Å². The third-order valence-electron chi connectivity index (χ3n) is 2.02. The van der Waals surface area contributed by atoms with E-state index in [1.165, 1.54) is 0 Å². The molecule has 0 unspecified atom stereocenters. The molecule has 1 aromatic carbocycles. The van der Waals surface area contributed by atoms with Gasteiger partial charge >= 0.3 is 18.9 Å². The minimum atomic E-state index is -0.0522. The van der Waals surface area contributed by atoms with Crippen molar-refractivity contribution in [1.29, 1.82) is 0 Å². The van der Waals surface area contributed by atoms with Crippen molar-refractivity contribution in [3.63, 3.8) is 0 Å². The second-order valence-electron chi connectivity index (χ2n) is 6.42. The molecule has 0 N–H and O–H groups in total. The minimum absolute atomic E-state index is 0. The van der Waals surface area contributed by atoms with Crippen LogP contribution in [-0.2, 0) is 0 Å². The fourth-order valence-electron chi connectivity index (χ4n) is 1.18. The Bertz CT molecular complexity index is 409. The third kappa shape index (κ3) is 8.81. The Balaban J connectivity index is 0.00000324. The summed E-state index contributed by atoms with van der Waals surface area (Å²) in [5, 5.41) is 0. The SMILES string of the molecule is CC(C)(C)N=Cc1[c-]c(C=NC(C)(C)C)ccc1.[Li+]. The van der Waals surface area contributed by atoms with Crippen molar-refractivity contribution >= 4 is 12.4 Å². The summed E-state index contributed by atoms with van der Waals surface area (Å²) < 4.78 is 0. The van der Waals surface area contributed by atoms with Crippen LogP contribution in [0, 0.1) is 6.07 Å². The Labute approximate surface area is 129 Å². The van der Waals surface area contributed by atoms with Crippen LogP contribution in [0.25, 0.3) is 0 Å². The molecule has 0 aromatic heterocycles. The number of hydrogen-bond acceptors (Lipinski definition) is 2. The first-order valence-corrected chi connectivity index (χ1v) is 6.28. The van der Waals surface area contributed by atoms with Crippen molar-refractivity contribution in [1.82, 2.24) is 0 Å². The van der Waals surface area contributed by atoms with E-state index in [-0.39, 0.29) is 29.9 Å². The molecule has 2 nitrogen and oxygen atoms in total. The molecule has 1 rings (SSSR count).